The topological polar surface area (TPSA) is 114 Å². The van der Waals surface area contributed by atoms with E-state index in [2.05, 4.69) is 15.6 Å². The molecule has 4 N–H and O–H groups in total. The van der Waals surface area contributed by atoms with Gasteiger partial charge in [-0.25, -0.2) is 4.99 Å². The van der Waals surface area contributed by atoms with Crippen LogP contribution in [0, 0.1) is 11.8 Å². The van der Waals surface area contributed by atoms with Crippen LogP contribution in [0.5, 0.6) is 0 Å². The summed E-state index contributed by atoms with van der Waals surface area (Å²) >= 11 is 6.18. The van der Waals surface area contributed by atoms with Gasteiger partial charge in [-0.15, -0.1) is 0 Å². The zero-order chi connectivity index (χ0) is 31.4. The Bertz CT molecular complexity index is 1360. The van der Waals surface area contributed by atoms with Crippen molar-refractivity contribution in [2.24, 2.45) is 22.6 Å². The maximum absolute atomic E-state index is 13.4. The summed E-state index contributed by atoms with van der Waals surface area (Å²) in [4.78, 5) is 43.2. The molecule has 0 fully saturated rings. The average molecular weight is 619 g/mol. The number of halogens is 7. The van der Waals surface area contributed by atoms with Gasteiger partial charge in [-0.1, -0.05) is 55.8 Å². The lowest BCUT2D eigenvalue weighted by molar-refractivity contribution is -0.152. The number of hydrogen-bond donors (Lipinski definition) is 3. The molecule has 0 aromatic heterocycles. The average Bonchev–Trinajstić information content (AvgIpc) is 3.00. The Morgan fingerprint density at radius 2 is 1.60 bits per heavy atom. The summed E-state index contributed by atoms with van der Waals surface area (Å²) in [6, 6.07) is 11.6. The van der Waals surface area contributed by atoms with Crippen LogP contribution in [0.4, 0.5) is 32.0 Å². The highest BCUT2D eigenvalue weighted by atomic mass is 35.5. The van der Waals surface area contributed by atoms with Crippen LogP contribution in [0.1, 0.15) is 62.1 Å². The molecule has 0 saturated carbocycles. The lowest BCUT2D eigenvalue weighted by Gasteiger charge is -2.26. The first-order valence-electron chi connectivity index (χ1n) is 13.0. The molecule has 0 unspecified atom stereocenters. The van der Waals surface area contributed by atoms with Gasteiger partial charge >= 0.3 is 12.4 Å². The van der Waals surface area contributed by atoms with Crippen molar-refractivity contribution in [1.29, 1.82) is 0 Å². The van der Waals surface area contributed by atoms with Crippen LogP contribution in [0.15, 0.2) is 47.5 Å². The van der Waals surface area contributed by atoms with Crippen molar-refractivity contribution in [2.45, 2.75) is 64.0 Å². The molecule has 1 aliphatic heterocycles. The molecule has 14 heteroatoms. The molecule has 42 heavy (non-hydrogen) atoms. The number of nitrogens with zero attached hydrogens (tertiary/aromatic N) is 1. The molecule has 3 rings (SSSR count). The number of carbonyl (C=O) groups excluding carboxylic acids is 3. The van der Waals surface area contributed by atoms with Crippen molar-refractivity contribution in [3.8, 4) is 0 Å². The molecule has 7 nitrogen and oxygen atoms in total. The normalized spacial score (nSPS) is 17.0. The predicted molar refractivity (Wildman–Crippen MR) is 145 cm³/mol. The monoisotopic (exact) mass is 618 g/mol. The smallest absolute Gasteiger partial charge is 0.369 e. The Kier molecular flexibility index (Phi) is 10.3. The first-order valence-corrected chi connectivity index (χ1v) is 13.4. The van der Waals surface area contributed by atoms with Crippen LogP contribution in [-0.2, 0) is 14.4 Å². The molecule has 0 aliphatic carbocycles. The molecule has 0 bridgehead atoms. The molecule has 228 valence electrons. The second-order valence-corrected chi connectivity index (χ2v) is 10.7. The number of amides is 3. The number of primary amides is 1. The fourth-order valence-corrected chi connectivity index (χ4v) is 4.93. The summed E-state index contributed by atoms with van der Waals surface area (Å²) in [6.45, 7) is 3.77. The number of nitrogens with two attached hydrogens (primary N) is 1. The Morgan fingerprint density at radius 3 is 2.14 bits per heavy atom. The van der Waals surface area contributed by atoms with E-state index in [1.54, 1.807) is 42.5 Å². The molecule has 1 heterocycles. The minimum absolute atomic E-state index is 0.0660. The van der Waals surface area contributed by atoms with Gasteiger partial charge in [0.05, 0.1) is 11.4 Å². The number of aliphatic imine (C=N–C) groups is 1. The van der Waals surface area contributed by atoms with Crippen molar-refractivity contribution in [2.75, 3.05) is 5.32 Å². The van der Waals surface area contributed by atoms with Crippen molar-refractivity contribution < 1.29 is 40.7 Å². The summed E-state index contributed by atoms with van der Waals surface area (Å²) in [6.07, 6.45) is -16.4. The standard InChI is InChI=1S/C28H29ClF6N4O3/c1-14(2)17-7-4-8-20-21(15-5-3-6-16(29)13-15)37-24(26(42)38-22(17)20)39-25(41)19(10-12-28(33,34)35)18(23(36)40)9-11-27(30,31)32/h3-8,13-14,18-19,24H,9-12H2,1-2H3,(H2,36,40)(H,38,42)(H,39,41)/t18-,19+,24+/m0/s1. The van der Waals surface area contributed by atoms with Crippen molar-refractivity contribution in [3.63, 3.8) is 0 Å². The molecular weight excluding hydrogens is 590 g/mol. The van der Waals surface area contributed by atoms with Gasteiger partial charge in [-0.2, -0.15) is 26.3 Å². The maximum atomic E-state index is 13.4. The third-order valence-corrected chi connectivity index (χ3v) is 7.01. The van der Waals surface area contributed by atoms with Gasteiger partial charge in [0.25, 0.3) is 5.91 Å². The Labute approximate surface area is 242 Å². The van der Waals surface area contributed by atoms with Gasteiger partial charge < -0.3 is 16.4 Å². The van der Waals surface area contributed by atoms with Gasteiger partial charge in [-0.3, -0.25) is 14.4 Å². The lowest BCUT2D eigenvalue weighted by Crippen LogP contribution is -2.48. The molecule has 0 spiro atoms. The van der Waals surface area contributed by atoms with Crippen LogP contribution in [-0.4, -0.2) is 42.0 Å². The SMILES string of the molecule is CC(C)c1cccc2c1NC(=O)[C@@H](NC(=O)[C@H](CCC(F)(F)F)[C@H](CCC(F)(F)F)C(N)=O)N=C2c1cccc(Cl)c1. The second-order valence-electron chi connectivity index (χ2n) is 10.2. The van der Waals surface area contributed by atoms with E-state index < -0.39 is 73.8 Å². The number of benzodiazepines with no additional fused rings is 1. The number of hydrogen-bond acceptors (Lipinski definition) is 4. The second kappa shape index (κ2) is 13.1. The zero-order valence-electron chi connectivity index (χ0n) is 22.6. The van der Waals surface area contributed by atoms with Gasteiger partial charge in [0, 0.05) is 40.8 Å². The third kappa shape index (κ3) is 8.70. The first kappa shape index (κ1) is 32.9. The highest BCUT2D eigenvalue weighted by molar-refractivity contribution is 6.31. The Balaban J connectivity index is 2.06. The van der Waals surface area contributed by atoms with Crippen LogP contribution >= 0.6 is 11.6 Å². The van der Waals surface area contributed by atoms with E-state index in [4.69, 9.17) is 17.3 Å². The van der Waals surface area contributed by atoms with Crippen LogP contribution in [0.2, 0.25) is 5.02 Å². The Morgan fingerprint density at radius 1 is 1.00 bits per heavy atom. The zero-order valence-corrected chi connectivity index (χ0v) is 23.3. The number of alkyl halides is 6. The van der Waals surface area contributed by atoms with Gasteiger partial charge in [0.2, 0.25) is 18.0 Å². The molecular formula is C28H29ClF6N4O3. The van der Waals surface area contributed by atoms with E-state index >= 15 is 0 Å². The van der Waals surface area contributed by atoms with E-state index in [1.807, 2.05) is 13.8 Å². The quantitative estimate of drug-likeness (QED) is 0.280. The number of nitrogens with one attached hydrogen (secondary N) is 2. The number of rotatable bonds is 10. The van der Waals surface area contributed by atoms with Crippen LogP contribution in [0.25, 0.3) is 0 Å². The van der Waals surface area contributed by atoms with Gasteiger partial charge in [-0.05, 0) is 36.5 Å². The van der Waals surface area contributed by atoms with Gasteiger partial charge in [0.15, 0.2) is 0 Å². The van der Waals surface area contributed by atoms with Crippen LogP contribution in [0.3, 0.4) is 0 Å². The van der Waals surface area contributed by atoms with Crippen LogP contribution < -0.4 is 16.4 Å². The highest BCUT2D eigenvalue weighted by Gasteiger charge is 2.40. The van der Waals surface area contributed by atoms with Gasteiger partial charge in [0.1, 0.15) is 0 Å². The predicted octanol–water partition coefficient (Wildman–Crippen LogP) is 6.10. The number of fused-ring (bicyclic) bond motifs is 1. The number of benzene rings is 2. The van der Waals surface area contributed by atoms with Crippen molar-refractivity contribution in [1.82, 2.24) is 5.32 Å². The molecule has 1 aliphatic rings. The van der Waals surface area contributed by atoms with Crippen molar-refractivity contribution >= 4 is 40.7 Å². The third-order valence-electron chi connectivity index (χ3n) is 6.77. The molecule has 3 amide bonds. The molecule has 0 radical (unpaired) electrons. The Hall–Kier alpha value is -3.61. The number of para-hydroxylation sites is 1. The summed E-state index contributed by atoms with van der Waals surface area (Å²) in [7, 11) is 0. The van der Waals surface area contributed by atoms with E-state index in [0.717, 1.165) is 5.56 Å². The highest BCUT2D eigenvalue weighted by Crippen LogP contribution is 2.34. The summed E-state index contributed by atoms with van der Waals surface area (Å²) in [5, 5.41) is 5.30. The largest absolute Gasteiger partial charge is 0.389 e. The van der Waals surface area contributed by atoms with E-state index in [9.17, 15) is 40.7 Å². The first-order chi connectivity index (χ1) is 19.5. The summed E-state index contributed by atoms with van der Waals surface area (Å²) in [5.41, 5.74) is 7.52. The fraction of sp³-hybridized carbons (Fsp3) is 0.429. The minimum Gasteiger partial charge on any atom is -0.369 e. The molecule has 3 atom stereocenters. The summed E-state index contributed by atoms with van der Waals surface area (Å²) in [5.74, 6) is -7.36. The molecule has 0 saturated heterocycles. The fourth-order valence-electron chi connectivity index (χ4n) is 4.74. The van der Waals surface area contributed by atoms with E-state index in [0.29, 0.717) is 21.8 Å². The maximum Gasteiger partial charge on any atom is 0.389 e. The van der Waals surface area contributed by atoms with E-state index in [1.165, 1.54) is 0 Å². The number of carbonyl (C=O) groups is 3. The summed E-state index contributed by atoms with van der Waals surface area (Å²) < 4.78 is 78.1. The van der Waals surface area contributed by atoms with E-state index in [-0.39, 0.29) is 11.6 Å². The molecule has 2 aromatic carbocycles. The lowest BCUT2D eigenvalue weighted by atomic mass is 9.83. The molecule has 2 aromatic rings. The van der Waals surface area contributed by atoms with Crippen molar-refractivity contribution in [3.05, 3.63) is 64.2 Å². The number of anilines is 1. The minimum atomic E-state index is -4.78.